The highest BCUT2D eigenvalue weighted by Crippen LogP contribution is 2.52. The second-order valence-corrected chi connectivity index (χ2v) is 14.0. The summed E-state index contributed by atoms with van der Waals surface area (Å²) in [7, 11) is -4.11. The van der Waals surface area contributed by atoms with E-state index >= 15 is 0 Å². The van der Waals surface area contributed by atoms with E-state index in [-0.39, 0.29) is 83.9 Å². The molecule has 4 N–H and O–H groups in total. The van der Waals surface area contributed by atoms with E-state index in [4.69, 9.17) is 28.7 Å². The first kappa shape index (κ1) is 48.3. The minimum atomic E-state index is -5.17. The van der Waals surface area contributed by atoms with Gasteiger partial charge in [-0.1, -0.05) is 12.8 Å². The maximum absolute atomic E-state index is 13.1. The zero-order valence-electron chi connectivity index (χ0n) is 28.8. The van der Waals surface area contributed by atoms with Crippen molar-refractivity contribution in [3.8, 4) is 6.07 Å². The van der Waals surface area contributed by atoms with E-state index in [0.29, 0.717) is 32.1 Å². The Bertz CT molecular complexity index is 1130. The Balaban J connectivity index is 3.01. The number of rotatable bonds is 28. The van der Waals surface area contributed by atoms with Crippen LogP contribution < -0.4 is 16.0 Å². The number of alkyl halides is 9. The highest BCUT2D eigenvalue weighted by atomic mass is 31.2. The van der Waals surface area contributed by atoms with E-state index in [0.717, 1.165) is 0 Å². The molecule has 3 unspecified atom stereocenters. The topological polar surface area (TPSA) is 185 Å². The van der Waals surface area contributed by atoms with E-state index in [2.05, 4.69) is 0 Å². The second kappa shape index (κ2) is 23.3. The Morgan fingerprint density at radius 2 is 1.15 bits per heavy atom. The van der Waals surface area contributed by atoms with Crippen LogP contribution in [0.15, 0.2) is 0 Å². The van der Waals surface area contributed by atoms with Crippen molar-refractivity contribution in [2.45, 2.75) is 102 Å². The third kappa shape index (κ3) is 21.1. The summed E-state index contributed by atoms with van der Waals surface area (Å²) in [5.41, 5.74) is -1.13. The number of nitrogens with one attached hydrogen (secondary N) is 3. The molecule has 53 heavy (non-hydrogen) atoms. The summed E-state index contributed by atoms with van der Waals surface area (Å²) < 4.78 is 149. The molecule has 308 valence electrons. The Morgan fingerprint density at radius 1 is 0.698 bits per heavy atom. The van der Waals surface area contributed by atoms with Gasteiger partial charge in [-0.15, -0.1) is 0 Å². The van der Waals surface area contributed by atoms with Crippen LogP contribution in [0.4, 0.5) is 39.5 Å². The van der Waals surface area contributed by atoms with Crippen LogP contribution in [0.3, 0.4) is 0 Å². The zero-order chi connectivity index (χ0) is 40.2. The van der Waals surface area contributed by atoms with Crippen molar-refractivity contribution in [2.75, 3.05) is 52.7 Å². The van der Waals surface area contributed by atoms with Gasteiger partial charge in [0.15, 0.2) is 0 Å². The Labute approximate surface area is 300 Å². The Hall–Kier alpha value is -2.70. The van der Waals surface area contributed by atoms with Crippen molar-refractivity contribution in [3.63, 3.8) is 0 Å². The van der Waals surface area contributed by atoms with Gasteiger partial charge in [-0.25, -0.2) is 4.57 Å². The van der Waals surface area contributed by atoms with Gasteiger partial charge in [0.1, 0.15) is 0 Å². The normalized spacial score (nSPS) is 17.5. The molecule has 0 radical (unpaired) electrons. The van der Waals surface area contributed by atoms with Crippen LogP contribution in [0, 0.1) is 22.7 Å². The number of nitriles is 1. The molecule has 0 aromatic heterocycles. The number of phosphoric ester groups is 1. The summed E-state index contributed by atoms with van der Waals surface area (Å²) in [6.45, 7) is -2.11. The highest BCUT2D eigenvalue weighted by molar-refractivity contribution is 7.48. The molecular formula is C30H46F9N4O9P. The molecule has 1 fully saturated rings. The van der Waals surface area contributed by atoms with Gasteiger partial charge in [-0.3, -0.25) is 28.0 Å². The van der Waals surface area contributed by atoms with Crippen molar-refractivity contribution in [2.24, 2.45) is 11.3 Å². The number of phosphoric acid groups is 1. The lowest BCUT2D eigenvalue weighted by atomic mass is 9.75. The molecule has 0 saturated heterocycles. The van der Waals surface area contributed by atoms with E-state index < -0.39 is 75.2 Å². The molecule has 0 spiro atoms. The quantitative estimate of drug-likeness (QED) is 0.0455. The van der Waals surface area contributed by atoms with Gasteiger partial charge < -0.3 is 25.8 Å². The average Bonchev–Trinajstić information content (AvgIpc) is 3.83. The molecule has 1 aliphatic rings. The SMILES string of the molecule is N#CCCOP(=O)(OCCCCCCO)OCC1CC1OCC(CCCNC(=O)C(F)(F)F)(CCCNC(=O)C(F)(F)F)CCCNC(=O)C(F)(F)F. The summed E-state index contributed by atoms with van der Waals surface area (Å²) in [5.74, 6) is -7.03. The zero-order valence-corrected chi connectivity index (χ0v) is 29.7. The number of ether oxygens (including phenoxy) is 1. The van der Waals surface area contributed by atoms with Crippen LogP contribution in [-0.2, 0) is 37.3 Å². The van der Waals surface area contributed by atoms with Crippen molar-refractivity contribution >= 4 is 25.5 Å². The molecule has 0 aliphatic heterocycles. The number of carbonyl (C=O) groups is 3. The van der Waals surface area contributed by atoms with Gasteiger partial charge >= 0.3 is 44.1 Å². The van der Waals surface area contributed by atoms with Crippen LogP contribution in [0.2, 0.25) is 0 Å². The summed E-state index contributed by atoms with van der Waals surface area (Å²) in [5, 5.41) is 22.7. The lowest BCUT2D eigenvalue weighted by Crippen LogP contribution is -2.39. The van der Waals surface area contributed by atoms with E-state index in [1.165, 1.54) is 0 Å². The third-order valence-electron chi connectivity index (χ3n) is 7.95. The molecular weight excluding hydrogens is 762 g/mol. The standard InChI is InChI=1S/C30H46F9N4O9P/c31-28(32,33)24(45)41-13-5-9-27(10-6-14-42-25(46)29(34,35)36,11-7-15-43-26(47)30(37,38)39)21-49-23-19-22(23)20-52-53(48,51-18-8-12-40)50-17-4-2-1-3-16-44/h22-23,44H,1-11,13-21H2,(H,41,45)(H,42,46)(H,43,47). The van der Waals surface area contributed by atoms with Gasteiger partial charge in [0.25, 0.3) is 0 Å². The van der Waals surface area contributed by atoms with E-state index in [1.807, 2.05) is 6.07 Å². The van der Waals surface area contributed by atoms with Gasteiger partial charge in [0.05, 0.1) is 45.0 Å². The second-order valence-electron chi connectivity index (χ2n) is 12.4. The predicted molar refractivity (Wildman–Crippen MR) is 166 cm³/mol. The average molecular weight is 809 g/mol. The maximum Gasteiger partial charge on any atom is 0.474 e. The van der Waals surface area contributed by atoms with Crippen molar-refractivity contribution in [1.29, 1.82) is 5.26 Å². The van der Waals surface area contributed by atoms with Crippen molar-refractivity contribution < 1.29 is 81.9 Å². The summed E-state index contributed by atoms with van der Waals surface area (Å²) in [6, 6.07) is 1.82. The lowest BCUT2D eigenvalue weighted by Gasteiger charge is -2.35. The molecule has 23 heteroatoms. The summed E-state index contributed by atoms with van der Waals surface area (Å²) >= 11 is 0. The monoisotopic (exact) mass is 808 g/mol. The summed E-state index contributed by atoms with van der Waals surface area (Å²) in [4.78, 5) is 33.8. The Kier molecular flexibility index (Phi) is 21.2. The number of halogens is 9. The van der Waals surface area contributed by atoms with Gasteiger partial charge in [-0.2, -0.15) is 44.8 Å². The van der Waals surface area contributed by atoms with Gasteiger partial charge in [0, 0.05) is 32.2 Å². The molecule has 3 amide bonds. The molecule has 3 atom stereocenters. The van der Waals surface area contributed by atoms with Gasteiger partial charge in [-0.05, 0) is 63.2 Å². The third-order valence-corrected chi connectivity index (χ3v) is 9.42. The lowest BCUT2D eigenvalue weighted by molar-refractivity contribution is -0.173. The number of unbranched alkanes of at least 4 members (excludes halogenated alkanes) is 3. The van der Waals surface area contributed by atoms with E-state index in [1.54, 1.807) is 16.0 Å². The number of aliphatic hydroxyl groups is 1. The first-order chi connectivity index (χ1) is 24.7. The Morgan fingerprint density at radius 3 is 1.58 bits per heavy atom. The minimum Gasteiger partial charge on any atom is -0.396 e. The van der Waals surface area contributed by atoms with Crippen molar-refractivity contribution in [3.05, 3.63) is 0 Å². The van der Waals surface area contributed by atoms with Crippen LogP contribution >= 0.6 is 7.82 Å². The van der Waals surface area contributed by atoms with E-state index in [9.17, 15) is 58.5 Å². The number of nitrogens with zero attached hydrogens (tertiary/aromatic N) is 1. The predicted octanol–water partition coefficient (Wildman–Crippen LogP) is 5.38. The number of amides is 3. The number of carbonyl (C=O) groups excluding carboxylic acids is 3. The summed E-state index contributed by atoms with van der Waals surface area (Å²) in [6.07, 6.45) is -13.9. The fourth-order valence-electron chi connectivity index (χ4n) is 5.02. The first-order valence-corrected chi connectivity index (χ1v) is 18.3. The van der Waals surface area contributed by atoms with Gasteiger partial charge in [0.2, 0.25) is 0 Å². The molecule has 0 aromatic carbocycles. The highest BCUT2D eigenvalue weighted by Gasteiger charge is 2.44. The maximum atomic E-state index is 13.1. The molecule has 1 rings (SSSR count). The van der Waals surface area contributed by atoms with Crippen LogP contribution in [-0.4, -0.2) is 100 Å². The largest absolute Gasteiger partial charge is 0.474 e. The smallest absolute Gasteiger partial charge is 0.396 e. The number of aliphatic hydroxyl groups excluding tert-OH is 1. The molecule has 0 bridgehead atoms. The number of hydrogen-bond acceptors (Lipinski definition) is 10. The molecule has 1 aliphatic carbocycles. The van der Waals surface area contributed by atoms with Crippen LogP contribution in [0.25, 0.3) is 0 Å². The van der Waals surface area contributed by atoms with Crippen LogP contribution in [0.1, 0.15) is 77.0 Å². The molecule has 1 saturated carbocycles. The minimum absolute atomic E-state index is 0.00134. The molecule has 0 heterocycles. The first-order valence-electron chi connectivity index (χ1n) is 16.9. The molecule has 0 aromatic rings. The van der Waals surface area contributed by atoms with Crippen LogP contribution in [0.5, 0.6) is 0 Å². The fourth-order valence-corrected chi connectivity index (χ4v) is 6.28. The van der Waals surface area contributed by atoms with Crippen molar-refractivity contribution in [1.82, 2.24) is 16.0 Å². The fraction of sp³-hybridized carbons (Fsp3) is 0.867. The molecule has 13 nitrogen and oxygen atoms in total. The number of hydrogen-bond donors (Lipinski definition) is 4.